The Bertz CT molecular complexity index is 744. The number of aromatic nitrogens is 2. The molecule has 2 amide bonds. The minimum Gasteiger partial charge on any atom is -0.330 e. The number of pyridine rings is 1. The highest BCUT2D eigenvalue weighted by atomic mass is 32.1. The third-order valence-corrected chi connectivity index (χ3v) is 5.51. The van der Waals surface area contributed by atoms with Crippen LogP contribution in [0.5, 0.6) is 0 Å². The van der Waals surface area contributed by atoms with Gasteiger partial charge in [-0.05, 0) is 37.8 Å². The van der Waals surface area contributed by atoms with Crippen LogP contribution in [0.15, 0.2) is 24.5 Å². The summed E-state index contributed by atoms with van der Waals surface area (Å²) in [4.78, 5) is 36.0. The van der Waals surface area contributed by atoms with Crippen molar-refractivity contribution in [2.45, 2.75) is 38.6 Å². The van der Waals surface area contributed by atoms with Crippen molar-refractivity contribution in [3.05, 3.63) is 40.1 Å². The van der Waals surface area contributed by atoms with Crippen LogP contribution in [0.2, 0.25) is 0 Å². The number of carbonyl (C=O) groups is 2. The van der Waals surface area contributed by atoms with Crippen LogP contribution >= 0.6 is 11.3 Å². The van der Waals surface area contributed by atoms with Gasteiger partial charge in [0.1, 0.15) is 0 Å². The molecule has 0 aromatic carbocycles. The molecule has 0 aliphatic heterocycles. The monoisotopic (exact) mass is 344 g/mol. The van der Waals surface area contributed by atoms with E-state index in [4.69, 9.17) is 0 Å². The summed E-state index contributed by atoms with van der Waals surface area (Å²) < 4.78 is 0. The van der Waals surface area contributed by atoms with Gasteiger partial charge in [0.2, 0.25) is 0 Å². The highest BCUT2D eigenvalue weighted by molar-refractivity contribution is 7.11. The highest BCUT2D eigenvalue weighted by Gasteiger charge is 2.32. The van der Waals surface area contributed by atoms with Gasteiger partial charge >= 0.3 is 11.8 Å². The number of hydrogen-bond acceptors (Lipinski definition) is 5. The molecule has 7 heteroatoms. The molecule has 1 N–H and O–H groups in total. The molecule has 3 rings (SSSR count). The summed E-state index contributed by atoms with van der Waals surface area (Å²) in [5.41, 5.74) is 1.60. The number of amides is 2. The van der Waals surface area contributed by atoms with Gasteiger partial charge < -0.3 is 10.2 Å². The van der Waals surface area contributed by atoms with Crippen LogP contribution < -0.4 is 5.32 Å². The minimum atomic E-state index is -0.641. The van der Waals surface area contributed by atoms with Crippen molar-refractivity contribution in [3.63, 3.8) is 0 Å². The molecule has 0 fully saturated rings. The molecular formula is C17H20N4O2S. The topological polar surface area (TPSA) is 75.2 Å². The van der Waals surface area contributed by atoms with Gasteiger partial charge in [0.25, 0.3) is 0 Å². The van der Waals surface area contributed by atoms with E-state index < -0.39 is 11.8 Å². The first kappa shape index (κ1) is 16.6. The molecule has 0 saturated heterocycles. The fraction of sp³-hybridized carbons (Fsp3) is 0.412. The van der Waals surface area contributed by atoms with Crippen LogP contribution in [-0.2, 0) is 22.4 Å². The quantitative estimate of drug-likeness (QED) is 0.869. The maximum Gasteiger partial charge on any atom is 0.313 e. The molecule has 1 atom stereocenters. The van der Waals surface area contributed by atoms with Gasteiger partial charge in [-0.1, -0.05) is 6.92 Å². The molecule has 1 aliphatic rings. The van der Waals surface area contributed by atoms with Crippen LogP contribution in [0.3, 0.4) is 0 Å². The number of rotatable bonds is 3. The van der Waals surface area contributed by atoms with E-state index in [0.717, 1.165) is 41.3 Å². The number of carbonyl (C=O) groups excluding carboxylic acids is 2. The number of fused-ring (bicyclic) bond motifs is 1. The second-order valence-electron chi connectivity index (χ2n) is 5.79. The van der Waals surface area contributed by atoms with Crippen molar-refractivity contribution < 1.29 is 9.59 Å². The standard InChI is InChI=1S/C17H20N4O2S/c1-3-14-20-12-7-4-8-13(15(12)24-14)21(2)17(23)16(22)19-11-6-5-9-18-10-11/h5-6,9-10,13H,3-4,7-8H2,1-2H3,(H,19,22)/t13-/m1/s1. The molecule has 0 bridgehead atoms. The van der Waals surface area contributed by atoms with E-state index in [1.807, 2.05) is 0 Å². The van der Waals surface area contributed by atoms with Crippen LogP contribution in [0.25, 0.3) is 0 Å². The fourth-order valence-electron chi connectivity index (χ4n) is 2.89. The summed E-state index contributed by atoms with van der Waals surface area (Å²) in [6.45, 7) is 2.08. The van der Waals surface area contributed by atoms with Crippen molar-refractivity contribution in [2.75, 3.05) is 12.4 Å². The third kappa shape index (κ3) is 3.31. The summed E-state index contributed by atoms with van der Waals surface area (Å²) in [5, 5.41) is 3.69. The van der Waals surface area contributed by atoms with Crippen molar-refractivity contribution >= 4 is 28.8 Å². The van der Waals surface area contributed by atoms with E-state index in [2.05, 4.69) is 22.2 Å². The van der Waals surface area contributed by atoms with Gasteiger partial charge in [0, 0.05) is 13.2 Å². The van der Waals surface area contributed by atoms with Gasteiger partial charge in [0.05, 0.1) is 33.5 Å². The molecule has 24 heavy (non-hydrogen) atoms. The smallest absolute Gasteiger partial charge is 0.313 e. The zero-order valence-electron chi connectivity index (χ0n) is 13.8. The van der Waals surface area contributed by atoms with Crippen LogP contribution in [0, 0.1) is 0 Å². The lowest BCUT2D eigenvalue weighted by atomic mass is 9.97. The van der Waals surface area contributed by atoms with Crippen molar-refractivity contribution in [1.82, 2.24) is 14.9 Å². The molecule has 0 saturated carbocycles. The number of nitrogens with one attached hydrogen (secondary N) is 1. The van der Waals surface area contributed by atoms with Crippen LogP contribution in [-0.4, -0.2) is 33.7 Å². The van der Waals surface area contributed by atoms with Gasteiger partial charge in [-0.2, -0.15) is 0 Å². The maximum atomic E-state index is 12.5. The van der Waals surface area contributed by atoms with Gasteiger partial charge in [-0.15, -0.1) is 11.3 Å². The number of thiazole rings is 1. The van der Waals surface area contributed by atoms with Gasteiger partial charge in [0.15, 0.2) is 0 Å². The highest BCUT2D eigenvalue weighted by Crippen LogP contribution is 2.37. The van der Waals surface area contributed by atoms with E-state index in [1.165, 1.54) is 6.20 Å². The Labute approximate surface area is 144 Å². The number of anilines is 1. The number of hydrogen-bond donors (Lipinski definition) is 1. The van der Waals surface area contributed by atoms with E-state index >= 15 is 0 Å². The predicted molar refractivity (Wildman–Crippen MR) is 92.8 cm³/mol. The molecule has 126 valence electrons. The minimum absolute atomic E-state index is 0.0706. The molecule has 2 heterocycles. The molecule has 2 aromatic rings. The SMILES string of the molecule is CCc1nc2c(s1)[C@H](N(C)C(=O)C(=O)Nc1cccnc1)CCC2. The Morgan fingerprint density at radius 2 is 2.29 bits per heavy atom. The molecule has 1 aliphatic carbocycles. The summed E-state index contributed by atoms with van der Waals surface area (Å²) in [7, 11) is 1.69. The van der Waals surface area contributed by atoms with Crippen molar-refractivity contribution in [2.24, 2.45) is 0 Å². The van der Waals surface area contributed by atoms with Crippen LogP contribution in [0.1, 0.15) is 41.4 Å². The molecule has 0 spiro atoms. The lowest BCUT2D eigenvalue weighted by Crippen LogP contribution is -2.40. The Kier molecular flexibility index (Phi) is 4.89. The number of likely N-dealkylation sites (N-methyl/N-ethyl adjacent to an activating group) is 1. The largest absolute Gasteiger partial charge is 0.330 e. The summed E-state index contributed by atoms with van der Waals surface area (Å²) >= 11 is 1.66. The van der Waals surface area contributed by atoms with E-state index in [9.17, 15) is 9.59 Å². The van der Waals surface area contributed by atoms with Crippen molar-refractivity contribution in [3.8, 4) is 0 Å². The first-order chi connectivity index (χ1) is 11.6. The van der Waals surface area contributed by atoms with E-state index in [0.29, 0.717) is 5.69 Å². The molecule has 0 unspecified atom stereocenters. The lowest BCUT2D eigenvalue weighted by molar-refractivity contribution is -0.143. The molecule has 2 aromatic heterocycles. The van der Waals surface area contributed by atoms with Gasteiger partial charge in [-0.25, -0.2) is 4.98 Å². The van der Waals surface area contributed by atoms with E-state index in [1.54, 1.807) is 41.6 Å². The first-order valence-corrected chi connectivity index (χ1v) is 8.88. The maximum absolute atomic E-state index is 12.5. The average Bonchev–Trinajstić information content (AvgIpc) is 3.04. The summed E-state index contributed by atoms with van der Waals surface area (Å²) in [6.07, 6.45) is 6.81. The normalized spacial score (nSPS) is 16.3. The number of nitrogens with zero attached hydrogens (tertiary/aromatic N) is 3. The van der Waals surface area contributed by atoms with Crippen LogP contribution in [0.4, 0.5) is 5.69 Å². The second kappa shape index (κ2) is 7.09. The third-order valence-electron chi connectivity index (χ3n) is 4.17. The van der Waals surface area contributed by atoms with Crippen molar-refractivity contribution in [1.29, 1.82) is 0 Å². The average molecular weight is 344 g/mol. The zero-order valence-corrected chi connectivity index (χ0v) is 14.6. The summed E-state index contributed by atoms with van der Waals surface area (Å²) in [6, 6.07) is 3.34. The lowest BCUT2D eigenvalue weighted by Gasteiger charge is -2.30. The Hall–Kier alpha value is -2.28. The Morgan fingerprint density at radius 3 is 3.00 bits per heavy atom. The molecular weight excluding hydrogens is 324 g/mol. The Morgan fingerprint density at radius 1 is 1.46 bits per heavy atom. The summed E-state index contributed by atoms with van der Waals surface area (Å²) in [5.74, 6) is -1.18. The van der Waals surface area contributed by atoms with Gasteiger partial charge in [-0.3, -0.25) is 14.6 Å². The number of aryl methyl sites for hydroxylation is 2. The second-order valence-corrected chi connectivity index (χ2v) is 6.91. The molecule has 0 radical (unpaired) electrons. The predicted octanol–water partition coefficient (Wildman–Crippen LogP) is 2.58. The first-order valence-electron chi connectivity index (χ1n) is 8.06. The molecule has 6 nitrogen and oxygen atoms in total. The van der Waals surface area contributed by atoms with E-state index in [-0.39, 0.29) is 6.04 Å². The Balaban J connectivity index is 1.74. The zero-order chi connectivity index (χ0) is 17.1. The fourth-order valence-corrected chi connectivity index (χ4v) is 4.12.